The zero-order chi connectivity index (χ0) is 12.6. The summed E-state index contributed by atoms with van der Waals surface area (Å²) in [6, 6.07) is 1.83. The van der Waals surface area contributed by atoms with Crippen LogP contribution in [0.15, 0.2) is 0 Å². The Bertz CT molecular complexity index is 282. The number of ketones is 1. The normalized spacial score (nSPS) is 13.6. The fourth-order valence-electron chi connectivity index (χ4n) is 1.29. The van der Waals surface area contributed by atoms with Crippen molar-refractivity contribution >= 4 is 11.8 Å². The topological polar surface area (TPSA) is 76.4 Å². The van der Waals surface area contributed by atoms with E-state index in [1.165, 1.54) is 6.92 Å². The van der Waals surface area contributed by atoms with E-state index in [2.05, 4.69) is 0 Å². The third kappa shape index (κ3) is 4.89. The van der Waals surface area contributed by atoms with Gasteiger partial charge in [-0.15, -0.1) is 0 Å². The van der Waals surface area contributed by atoms with Gasteiger partial charge in [-0.3, -0.25) is 9.59 Å². The van der Waals surface area contributed by atoms with E-state index in [0.717, 1.165) is 0 Å². The number of hydrogen-bond acceptors (Lipinski definition) is 5. The second-order valence-corrected chi connectivity index (χ2v) is 3.26. The minimum atomic E-state index is -1.04. The van der Waals surface area contributed by atoms with Crippen molar-refractivity contribution in [2.24, 2.45) is 5.92 Å². The van der Waals surface area contributed by atoms with Gasteiger partial charge in [-0.1, -0.05) is 0 Å². The molecule has 0 bridgehead atoms. The highest BCUT2D eigenvalue weighted by Crippen LogP contribution is 2.14. The maximum absolute atomic E-state index is 11.4. The van der Waals surface area contributed by atoms with E-state index in [0.29, 0.717) is 6.61 Å². The number of nitrogens with zero attached hydrogens (tertiary/aromatic N) is 1. The Balaban J connectivity index is 4.64. The highest BCUT2D eigenvalue weighted by atomic mass is 16.5. The van der Waals surface area contributed by atoms with Gasteiger partial charge in [0.05, 0.1) is 18.8 Å². The molecule has 0 spiro atoms. The average Bonchev–Trinajstić information content (AvgIpc) is 2.18. The van der Waals surface area contributed by atoms with Crippen molar-refractivity contribution < 1.29 is 19.1 Å². The predicted octanol–water partition coefficient (Wildman–Crippen LogP) is 1.07. The average molecular weight is 227 g/mol. The molecule has 5 heteroatoms. The minimum Gasteiger partial charge on any atom is -0.465 e. The Morgan fingerprint density at radius 1 is 1.31 bits per heavy atom. The van der Waals surface area contributed by atoms with Crippen molar-refractivity contribution in [2.45, 2.75) is 33.3 Å². The molecule has 0 saturated heterocycles. The Kier molecular flexibility index (Phi) is 7.14. The summed E-state index contributed by atoms with van der Waals surface area (Å²) in [5.74, 6) is -1.79. The van der Waals surface area contributed by atoms with Crippen LogP contribution in [0.2, 0.25) is 0 Å². The summed E-state index contributed by atoms with van der Waals surface area (Å²) in [4.78, 5) is 22.4. The summed E-state index contributed by atoms with van der Waals surface area (Å²) in [5, 5.41) is 8.89. The van der Waals surface area contributed by atoms with Gasteiger partial charge in [0.2, 0.25) is 0 Å². The van der Waals surface area contributed by atoms with Crippen LogP contribution in [0.4, 0.5) is 0 Å². The van der Waals surface area contributed by atoms with E-state index in [1.54, 1.807) is 13.8 Å². The number of hydrogen-bond donors (Lipinski definition) is 0. The van der Waals surface area contributed by atoms with Gasteiger partial charge in [0, 0.05) is 13.0 Å². The molecule has 16 heavy (non-hydrogen) atoms. The lowest BCUT2D eigenvalue weighted by atomic mass is 9.99. The van der Waals surface area contributed by atoms with Gasteiger partial charge in [-0.05, 0) is 20.8 Å². The third-order valence-electron chi connectivity index (χ3n) is 1.92. The van der Waals surface area contributed by atoms with E-state index < -0.39 is 18.0 Å². The number of Topliss-reactive ketones (excluding diaryl/α,β-unsaturated/α-hetero) is 1. The first-order valence-electron chi connectivity index (χ1n) is 5.24. The predicted molar refractivity (Wildman–Crippen MR) is 56.4 cm³/mol. The largest absolute Gasteiger partial charge is 0.465 e. The molecule has 0 aliphatic carbocycles. The lowest BCUT2D eigenvalue weighted by molar-refractivity contribution is -0.151. The molecule has 5 nitrogen and oxygen atoms in total. The number of ether oxygens (including phenoxy) is 2. The number of nitriles is 1. The molecule has 0 aromatic carbocycles. The zero-order valence-electron chi connectivity index (χ0n) is 9.86. The molecule has 0 saturated carbocycles. The monoisotopic (exact) mass is 227 g/mol. The van der Waals surface area contributed by atoms with Gasteiger partial charge in [0.15, 0.2) is 5.92 Å². The molecule has 0 amide bonds. The summed E-state index contributed by atoms with van der Waals surface area (Å²) in [7, 11) is 0. The summed E-state index contributed by atoms with van der Waals surface area (Å²) in [6.07, 6.45) is -0.670. The van der Waals surface area contributed by atoms with Crippen LogP contribution in [0, 0.1) is 17.2 Å². The van der Waals surface area contributed by atoms with Gasteiger partial charge in [-0.25, -0.2) is 0 Å². The van der Waals surface area contributed by atoms with E-state index in [1.807, 2.05) is 6.07 Å². The fraction of sp³-hybridized carbons (Fsp3) is 0.727. The first kappa shape index (κ1) is 14.6. The summed E-state index contributed by atoms with van der Waals surface area (Å²) in [6.45, 7) is 5.34. The van der Waals surface area contributed by atoms with Gasteiger partial charge >= 0.3 is 5.97 Å². The molecule has 0 aliphatic rings. The molecule has 90 valence electrons. The lowest BCUT2D eigenvalue weighted by Crippen LogP contribution is -2.32. The standard InChI is InChI=1S/C11H17NO4/c1-4-15-10(6-8(3)13)9(7-12)11(14)16-5-2/h9-10H,4-6H2,1-3H3. The molecule has 0 N–H and O–H groups in total. The highest BCUT2D eigenvalue weighted by Gasteiger charge is 2.31. The summed E-state index contributed by atoms with van der Waals surface area (Å²) in [5.41, 5.74) is 0. The summed E-state index contributed by atoms with van der Waals surface area (Å²) >= 11 is 0. The second-order valence-electron chi connectivity index (χ2n) is 3.26. The summed E-state index contributed by atoms with van der Waals surface area (Å²) < 4.78 is 9.98. The number of rotatable bonds is 7. The lowest BCUT2D eigenvalue weighted by Gasteiger charge is -2.19. The molecule has 2 unspecified atom stereocenters. The molecule has 0 heterocycles. The van der Waals surface area contributed by atoms with Gasteiger partial charge in [-0.2, -0.15) is 5.26 Å². The van der Waals surface area contributed by atoms with Gasteiger partial charge < -0.3 is 9.47 Å². The first-order chi connectivity index (χ1) is 7.56. The van der Waals surface area contributed by atoms with Crippen molar-refractivity contribution in [1.82, 2.24) is 0 Å². The third-order valence-corrected chi connectivity index (χ3v) is 1.92. The molecule has 0 aliphatic heterocycles. The number of carbonyl (C=O) groups is 2. The van der Waals surface area contributed by atoms with Gasteiger partial charge in [0.1, 0.15) is 5.78 Å². The zero-order valence-corrected chi connectivity index (χ0v) is 9.86. The molecule has 0 fully saturated rings. The molecule has 2 atom stereocenters. The van der Waals surface area contributed by atoms with Crippen molar-refractivity contribution in [3.8, 4) is 6.07 Å². The minimum absolute atomic E-state index is 0.0465. The Morgan fingerprint density at radius 2 is 1.94 bits per heavy atom. The van der Waals surface area contributed by atoms with Crippen LogP contribution in [0.3, 0.4) is 0 Å². The van der Waals surface area contributed by atoms with Crippen LogP contribution in [-0.4, -0.2) is 31.1 Å². The van der Waals surface area contributed by atoms with E-state index >= 15 is 0 Å². The van der Waals surface area contributed by atoms with Crippen LogP contribution in [-0.2, 0) is 19.1 Å². The Hall–Kier alpha value is -1.41. The van der Waals surface area contributed by atoms with E-state index in [4.69, 9.17) is 14.7 Å². The highest BCUT2D eigenvalue weighted by molar-refractivity contribution is 5.80. The molecular formula is C11H17NO4. The quantitative estimate of drug-likeness (QED) is 0.608. The molecule has 0 rings (SSSR count). The van der Waals surface area contributed by atoms with Crippen LogP contribution in [0.25, 0.3) is 0 Å². The van der Waals surface area contributed by atoms with E-state index in [9.17, 15) is 9.59 Å². The van der Waals surface area contributed by atoms with Crippen molar-refractivity contribution in [2.75, 3.05) is 13.2 Å². The SMILES string of the molecule is CCOC(=O)C(C#N)C(CC(C)=O)OCC. The van der Waals surface area contributed by atoms with Crippen LogP contribution in [0.1, 0.15) is 27.2 Å². The molecule has 0 radical (unpaired) electrons. The number of carbonyl (C=O) groups excluding carboxylic acids is 2. The first-order valence-corrected chi connectivity index (χ1v) is 5.24. The Labute approximate surface area is 95.3 Å². The van der Waals surface area contributed by atoms with Crippen LogP contribution in [0.5, 0.6) is 0 Å². The van der Waals surface area contributed by atoms with Crippen molar-refractivity contribution in [3.63, 3.8) is 0 Å². The Morgan fingerprint density at radius 3 is 2.31 bits per heavy atom. The maximum atomic E-state index is 11.4. The number of esters is 1. The smallest absolute Gasteiger partial charge is 0.326 e. The second kappa shape index (κ2) is 7.83. The van der Waals surface area contributed by atoms with Crippen LogP contribution >= 0.6 is 0 Å². The molecular weight excluding hydrogens is 210 g/mol. The van der Waals surface area contributed by atoms with Crippen LogP contribution < -0.4 is 0 Å². The van der Waals surface area contributed by atoms with Gasteiger partial charge in [0.25, 0.3) is 0 Å². The van der Waals surface area contributed by atoms with Crippen molar-refractivity contribution in [1.29, 1.82) is 5.26 Å². The molecule has 0 aromatic heterocycles. The molecule has 0 aromatic rings. The fourth-order valence-corrected chi connectivity index (χ4v) is 1.29. The van der Waals surface area contributed by atoms with Crippen molar-refractivity contribution in [3.05, 3.63) is 0 Å². The maximum Gasteiger partial charge on any atom is 0.326 e. The van der Waals surface area contributed by atoms with E-state index in [-0.39, 0.29) is 18.8 Å².